The second-order valence-corrected chi connectivity index (χ2v) is 3.87. The van der Waals surface area contributed by atoms with Crippen LogP contribution in [0.4, 0.5) is 0 Å². The van der Waals surface area contributed by atoms with Crippen LogP contribution in [0.5, 0.6) is 0 Å². The first-order chi connectivity index (χ1) is 7.06. The van der Waals surface area contributed by atoms with E-state index in [9.17, 15) is 9.59 Å². The van der Waals surface area contributed by atoms with Gasteiger partial charge in [-0.1, -0.05) is 28.1 Å². The van der Waals surface area contributed by atoms with Gasteiger partial charge in [-0.3, -0.25) is 4.79 Å². The van der Waals surface area contributed by atoms with Crippen molar-refractivity contribution in [1.29, 1.82) is 0 Å². The van der Waals surface area contributed by atoms with E-state index < -0.39 is 11.8 Å². The van der Waals surface area contributed by atoms with Crippen LogP contribution >= 0.6 is 15.9 Å². The number of hydrogen-bond donors (Lipinski definition) is 0. The Morgan fingerprint density at radius 3 is 2.60 bits per heavy atom. The Balaban J connectivity index is 2.92. The second kappa shape index (κ2) is 5.07. The Bertz CT molecular complexity index is 399. The van der Waals surface area contributed by atoms with Crippen molar-refractivity contribution in [3.05, 3.63) is 33.8 Å². The molecule has 0 radical (unpaired) electrons. The predicted octanol–water partition coefficient (Wildman–Crippen LogP) is 2.50. The lowest BCUT2D eigenvalue weighted by molar-refractivity contribution is -0.137. The van der Waals surface area contributed by atoms with Crippen LogP contribution in [0.3, 0.4) is 0 Å². The summed E-state index contributed by atoms with van der Waals surface area (Å²) >= 11 is 3.30. The molecule has 0 spiro atoms. The normalized spacial score (nSPS) is 9.80. The van der Waals surface area contributed by atoms with E-state index in [0.29, 0.717) is 5.56 Å². The van der Waals surface area contributed by atoms with Crippen molar-refractivity contribution in [2.75, 3.05) is 6.61 Å². The van der Waals surface area contributed by atoms with Gasteiger partial charge in [-0.05, 0) is 25.5 Å². The molecule has 0 saturated heterocycles. The van der Waals surface area contributed by atoms with Crippen LogP contribution in [0, 0.1) is 6.92 Å². The van der Waals surface area contributed by atoms with Gasteiger partial charge in [-0.15, -0.1) is 0 Å². The van der Waals surface area contributed by atoms with E-state index in [1.807, 2.05) is 6.92 Å². The average molecular weight is 271 g/mol. The summed E-state index contributed by atoms with van der Waals surface area (Å²) in [6, 6.07) is 5.00. The number of carbonyl (C=O) groups excluding carboxylic acids is 2. The van der Waals surface area contributed by atoms with E-state index in [1.165, 1.54) is 0 Å². The third-order valence-corrected chi connectivity index (χ3v) is 2.75. The summed E-state index contributed by atoms with van der Waals surface area (Å²) in [5, 5.41) is 0. The van der Waals surface area contributed by atoms with Crippen molar-refractivity contribution in [2.24, 2.45) is 0 Å². The number of halogens is 1. The Morgan fingerprint density at radius 1 is 1.40 bits per heavy atom. The number of hydrogen-bond acceptors (Lipinski definition) is 3. The summed E-state index contributed by atoms with van der Waals surface area (Å²) in [6.45, 7) is 3.77. The molecule has 4 heteroatoms. The van der Waals surface area contributed by atoms with Gasteiger partial charge in [0, 0.05) is 10.0 Å². The SMILES string of the molecule is CCOC(=O)C(=O)c1ccc(C)c(Br)c1. The van der Waals surface area contributed by atoms with Crippen molar-refractivity contribution in [3.63, 3.8) is 0 Å². The van der Waals surface area contributed by atoms with Crippen LogP contribution in [0.25, 0.3) is 0 Å². The molecule has 0 atom stereocenters. The van der Waals surface area contributed by atoms with E-state index in [1.54, 1.807) is 25.1 Å². The first-order valence-corrected chi connectivity index (χ1v) is 5.33. The standard InChI is InChI=1S/C11H11BrO3/c1-3-15-11(14)10(13)8-5-4-7(2)9(12)6-8/h4-6H,3H2,1-2H3. The molecule has 0 bridgehead atoms. The largest absolute Gasteiger partial charge is 0.460 e. The van der Waals surface area contributed by atoms with Crippen LogP contribution in [-0.2, 0) is 9.53 Å². The second-order valence-electron chi connectivity index (χ2n) is 3.01. The number of Topliss-reactive ketones (excluding diaryl/α,β-unsaturated/α-hetero) is 1. The predicted molar refractivity (Wildman–Crippen MR) is 59.8 cm³/mol. The molecule has 1 aromatic carbocycles. The summed E-state index contributed by atoms with van der Waals surface area (Å²) in [5.74, 6) is -1.43. The van der Waals surface area contributed by atoms with Gasteiger partial charge in [-0.25, -0.2) is 4.79 Å². The highest BCUT2D eigenvalue weighted by Gasteiger charge is 2.17. The lowest BCUT2D eigenvalue weighted by atomic mass is 10.1. The van der Waals surface area contributed by atoms with E-state index >= 15 is 0 Å². The summed E-state index contributed by atoms with van der Waals surface area (Å²) in [6.07, 6.45) is 0. The Hall–Kier alpha value is -1.16. The molecule has 0 unspecified atom stereocenters. The molecule has 3 nitrogen and oxygen atoms in total. The van der Waals surface area contributed by atoms with Gasteiger partial charge in [0.2, 0.25) is 0 Å². The monoisotopic (exact) mass is 270 g/mol. The summed E-state index contributed by atoms with van der Waals surface area (Å²) < 4.78 is 5.43. The zero-order chi connectivity index (χ0) is 11.4. The molecular weight excluding hydrogens is 260 g/mol. The molecule has 0 fully saturated rings. The van der Waals surface area contributed by atoms with Gasteiger partial charge >= 0.3 is 5.97 Å². The first-order valence-electron chi connectivity index (χ1n) is 4.54. The summed E-state index contributed by atoms with van der Waals surface area (Å²) in [7, 11) is 0. The number of esters is 1. The van der Waals surface area contributed by atoms with E-state index in [4.69, 9.17) is 0 Å². The van der Waals surface area contributed by atoms with Crippen LogP contribution < -0.4 is 0 Å². The maximum Gasteiger partial charge on any atom is 0.379 e. The smallest absolute Gasteiger partial charge is 0.379 e. The topological polar surface area (TPSA) is 43.4 Å². The molecule has 0 aliphatic carbocycles. The Kier molecular flexibility index (Phi) is 4.03. The molecule has 0 aliphatic heterocycles. The van der Waals surface area contributed by atoms with Crippen LogP contribution in [0.1, 0.15) is 22.8 Å². The third kappa shape index (κ3) is 2.89. The molecule has 0 heterocycles. The van der Waals surface area contributed by atoms with Crippen LogP contribution in [-0.4, -0.2) is 18.4 Å². The highest BCUT2D eigenvalue weighted by Crippen LogP contribution is 2.17. The van der Waals surface area contributed by atoms with Crippen molar-refractivity contribution >= 4 is 27.7 Å². The molecule has 0 amide bonds. The van der Waals surface area contributed by atoms with Gasteiger partial charge < -0.3 is 4.74 Å². The van der Waals surface area contributed by atoms with Gasteiger partial charge in [0.05, 0.1) is 6.61 Å². The van der Waals surface area contributed by atoms with Gasteiger partial charge in [-0.2, -0.15) is 0 Å². The van der Waals surface area contributed by atoms with Crippen molar-refractivity contribution in [1.82, 2.24) is 0 Å². The van der Waals surface area contributed by atoms with Gasteiger partial charge in [0.1, 0.15) is 0 Å². The minimum atomic E-state index is -0.812. The highest BCUT2D eigenvalue weighted by molar-refractivity contribution is 9.10. The number of benzene rings is 1. The highest BCUT2D eigenvalue weighted by atomic mass is 79.9. The Morgan fingerprint density at radius 2 is 2.07 bits per heavy atom. The number of ketones is 1. The molecule has 0 aliphatic rings. The lowest BCUT2D eigenvalue weighted by Crippen LogP contribution is -2.17. The van der Waals surface area contributed by atoms with E-state index in [-0.39, 0.29) is 6.61 Å². The zero-order valence-electron chi connectivity index (χ0n) is 8.54. The van der Waals surface area contributed by atoms with Crippen molar-refractivity contribution in [3.8, 4) is 0 Å². The maximum atomic E-state index is 11.5. The summed E-state index contributed by atoms with van der Waals surface area (Å²) in [4.78, 5) is 22.7. The zero-order valence-corrected chi connectivity index (χ0v) is 10.1. The van der Waals surface area contributed by atoms with Gasteiger partial charge in [0.15, 0.2) is 0 Å². The van der Waals surface area contributed by atoms with Crippen molar-refractivity contribution in [2.45, 2.75) is 13.8 Å². The van der Waals surface area contributed by atoms with Crippen molar-refractivity contribution < 1.29 is 14.3 Å². The molecule has 0 N–H and O–H groups in total. The molecule has 0 aromatic heterocycles. The third-order valence-electron chi connectivity index (χ3n) is 1.89. The number of aryl methyl sites for hydroxylation is 1. The molecule has 1 rings (SSSR count). The quantitative estimate of drug-likeness (QED) is 0.482. The van der Waals surface area contributed by atoms with Crippen LogP contribution in [0.15, 0.2) is 22.7 Å². The average Bonchev–Trinajstić information content (AvgIpc) is 2.21. The van der Waals surface area contributed by atoms with Gasteiger partial charge in [0.25, 0.3) is 5.78 Å². The van der Waals surface area contributed by atoms with Crippen LogP contribution in [0.2, 0.25) is 0 Å². The minimum Gasteiger partial charge on any atom is -0.460 e. The molecule has 1 aromatic rings. The summed E-state index contributed by atoms with van der Waals surface area (Å²) in [5.41, 5.74) is 1.35. The number of ether oxygens (including phenoxy) is 1. The fraction of sp³-hybridized carbons (Fsp3) is 0.273. The first kappa shape index (κ1) is 11.9. The maximum absolute atomic E-state index is 11.5. The number of rotatable bonds is 3. The fourth-order valence-electron chi connectivity index (χ4n) is 1.05. The molecule has 15 heavy (non-hydrogen) atoms. The van der Waals surface area contributed by atoms with E-state index in [0.717, 1.165) is 10.0 Å². The molecule has 80 valence electrons. The lowest BCUT2D eigenvalue weighted by Gasteiger charge is -2.03. The molecule has 0 saturated carbocycles. The molecular formula is C11H11BrO3. The minimum absolute atomic E-state index is 0.206. The van der Waals surface area contributed by atoms with E-state index in [2.05, 4.69) is 20.7 Å². The Labute approximate surface area is 96.6 Å². The fourth-order valence-corrected chi connectivity index (χ4v) is 1.43. The number of carbonyl (C=O) groups is 2.